The lowest BCUT2D eigenvalue weighted by Crippen LogP contribution is -2.00. The van der Waals surface area contributed by atoms with Gasteiger partial charge in [-0.2, -0.15) is 0 Å². The van der Waals surface area contributed by atoms with Crippen LogP contribution in [0.1, 0.15) is 53.9 Å². The van der Waals surface area contributed by atoms with Crippen LogP contribution in [-0.4, -0.2) is 0 Å². The minimum absolute atomic E-state index is 0.870. The molecule has 0 fully saturated rings. The lowest BCUT2D eigenvalue weighted by Gasteiger charge is -2.14. The van der Waals surface area contributed by atoms with Crippen molar-refractivity contribution in [1.29, 1.82) is 0 Å². The van der Waals surface area contributed by atoms with Gasteiger partial charge in [-0.1, -0.05) is 47.5 Å². The van der Waals surface area contributed by atoms with Gasteiger partial charge >= 0.3 is 0 Å². The Hall–Kier alpha value is 0. The molecule has 0 heteroatoms. The van der Waals surface area contributed by atoms with Gasteiger partial charge in [0.2, 0.25) is 0 Å². The largest absolute Gasteiger partial charge is 0.0628 e. The topological polar surface area (TPSA) is 0 Å². The highest BCUT2D eigenvalue weighted by atomic mass is 14.1. The molecule has 11 heavy (non-hydrogen) atoms. The normalized spacial score (nSPS) is 14.5. The first-order valence-corrected chi connectivity index (χ1v) is 4.81. The highest BCUT2D eigenvalue weighted by Crippen LogP contribution is 2.19. The minimum atomic E-state index is 0.870. The zero-order valence-electron chi connectivity index (χ0n) is 8.78. The molecule has 0 aromatic heterocycles. The SMILES string of the molecule is C[C](C)CC(C)CCC(C)C. The summed E-state index contributed by atoms with van der Waals surface area (Å²) in [6, 6.07) is 0. The van der Waals surface area contributed by atoms with Gasteiger partial charge in [-0.15, -0.1) is 0 Å². The van der Waals surface area contributed by atoms with Gasteiger partial charge in [0.25, 0.3) is 0 Å². The van der Waals surface area contributed by atoms with Crippen molar-refractivity contribution in [2.75, 3.05) is 0 Å². The molecule has 0 saturated heterocycles. The van der Waals surface area contributed by atoms with Gasteiger partial charge in [0.15, 0.2) is 0 Å². The smallest absolute Gasteiger partial charge is 0.0300 e. The van der Waals surface area contributed by atoms with Crippen LogP contribution < -0.4 is 0 Å². The molecule has 0 bridgehead atoms. The molecule has 0 saturated carbocycles. The molecule has 67 valence electrons. The Labute approximate surface area is 72.4 Å². The van der Waals surface area contributed by atoms with Crippen molar-refractivity contribution in [3.63, 3.8) is 0 Å². The Morgan fingerprint density at radius 1 is 1.00 bits per heavy atom. The third-order valence-electron chi connectivity index (χ3n) is 1.99. The first-order chi connectivity index (χ1) is 5.02. The Kier molecular flexibility index (Phi) is 5.62. The minimum Gasteiger partial charge on any atom is -0.0628 e. The van der Waals surface area contributed by atoms with Crippen LogP contribution >= 0.6 is 0 Å². The van der Waals surface area contributed by atoms with Gasteiger partial charge in [-0.25, -0.2) is 0 Å². The van der Waals surface area contributed by atoms with Crippen molar-refractivity contribution in [2.24, 2.45) is 11.8 Å². The molecule has 0 nitrogen and oxygen atoms in total. The van der Waals surface area contributed by atoms with E-state index in [1.165, 1.54) is 19.3 Å². The quantitative estimate of drug-likeness (QED) is 0.561. The van der Waals surface area contributed by atoms with Crippen molar-refractivity contribution in [3.8, 4) is 0 Å². The van der Waals surface area contributed by atoms with Crippen LogP contribution in [0.2, 0.25) is 0 Å². The van der Waals surface area contributed by atoms with Crippen LogP contribution in [0.15, 0.2) is 0 Å². The monoisotopic (exact) mass is 155 g/mol. The highest BCUT2D eigenvalue weighted by Gasteiger charge is 2.05. The lowest BCUT2D eigenvalue weighted by atomic mass is 9.92. The second-order valence-corrected chi connectivity index (χ2v) is 4.49. The van der Waals surface area contributed by atoms with Gasteiger partial charge in [-0.05, 0) is 24.2 Å². The summed E-state index contributed by atoms with van der Waals surface area (Å²) >= 11 is 0. The summed E-state index contributed by atoms with van der Waals surface area (Å²) in [4.78, 5) is 0. The van der Waals surface area contributed by atoms with Crippen molar-refractivity contribution in [2.45, 2.75) is 53.9 Å². The molecule has 0 aromatic rings. The van der Waals surface area contributed by atoms with E-state index in [0.29, 0.717) is 0 Å². The van der Waals surface area contributed by atoms with Crippen molar-refractivity contribution in [1.82, 2.24) is 0 Å². The van der Waals surface area contributed by atoms with E-state index in [1.54, 1.807) is 5.92 Å². The van der Waals surface area contributed by atoms with Crippen LogP contribution in [0.5, 0.6) is 0 Å². The van der Waals surface area contributed by atoms with Gasteiger partial charge < -0.3 is 0 Å². The Bertz CT molecular complexity index is 82.0. The standard InChI is InChI=1S/C11H23/c1-9(2)6-7-11(5)8-10(3)4/h9,11H,6-8H2,1-5H3. The van der Waals surface area contributed by atoms with Gasteiger partial charge in [0.05, 0.1) is 0 Å². The molecule has 0 amide bonds. The summed E-state index contributed by atoms with van der Waals surface area (Å²) in [6.07, 6.45) is 4.09. The molecule has 0 spiro atoms. The summed E-state index contributed by atoms with van der Waals surface area (Å²) in [7, 11) is 0. The Morgan fingerprint density at radius 3 is 1.91 bits per heavy atom. The molecule has 0 heterocycles. The average Bonchev–Trinajstić information content (AvgIpc) is 1.82. The van der Waals surface area contributed by atoms with E-state index in [9.17, 15) is 0 Å². The third-order valence-corrected chi connectivity index (χ3v) is 1.99. The number of hydrogen-bond donors (Lipinski definition) is 0. The van der Waals surface area contributed by atoms with Crippen molar-refractivity contribution >= 4 is 0 Å². The average molecular weight is 155 g/mol. The van der Waals surface area contributed by atoms with E-state index >= 15 is 0 Å². The number of hydrogen-bond acceptors (Lipinski definition) is 0. The maximum Gasteiger partial charge on any atom is -0.0300 e. The predicted octanol–water partition coefficient (Wildman–Crippen LogP) is 4.06. The highest BCUT2D eigenvalue weighted by molar-refractivity contribution is 4.79. The molecule has 0 aromatic carbocycles. The van der Waals surface area contributed by atoms with E-state index in [1.807, 2.05) is 0 Å². The fourth-order valence-corrected chi connectivity index (χ4v) is 1.42. The zero-order valence-corrected chi connectivity index (χ0v) is 8.78. The summed E-state index contributed by atoms with van der Waals surface area (Å²) in [5.41, 5.74) is 0. The zero-order chi connectivity index (χ0) is 8.85. The lowest BCUT2D eigenvalue weighted by molar-refractivity contribution is 0.435. The third kappa shape index (κ3) is 7.90. The second kappa shape index (κ2) is 5.62. The van der Waals surface area contributed by atoms with Gasteiger partial charge in [0, 0.05) is 0 Å². The molecule has 1 unspecified atom stereocenters. The van der Waals surface area contributed by atoms with E-state index < -0.39 is 0 Å². The molecule has 0 aliphatic rings. The maximum atomic E-state index is 2.36. The van der Waals surface area contributed by atoms with E-state index in [-0.39, 0.29) is 0 Å². The van der Waals surface area contributed by atoms with Crippen LogP contribution in [0.3, 0.4) is 0 Å². The fourth-order valence-electron chi connectivity index (χ4n) is 1.42. The second-order valence-electron chi connectivity index (χ2n) is 4.49. The first kappa shape index (κ1) is 11.0. The molecular weight excluding hydrogens is 132 g/mol. The van der Waals surface area contributed by atoms with E-state index in [0.717, 1.165) is 11.8 Å². The number of rotatable bonds is 5. The van der Waals surface area contributed by atoms with Crippen LogP contribution in [0.25, 0.3) is 0 Å². The van der Waals surface area contributed by atoms with E-state index in [4.69, 9.17) is 0 Å². The predicted molar refractivity (Wildman–Crippen MR) is 52.4 cm³/mol. The Balaban J connectivity index is 3.29. The summed E-state index contributed by atoms with van der Waals surface area (Å²) in [6.45, 7) is 11.4. The van der Waals surface area contributed by atoms with Crippen molar-refractivity contribution < 1.29 is 0 Å². The molecule has 0 N–H and O–H groups in total. The molecule has 1 radical (unpaired) electrons. The summed E-state index contributed by atoms with van der Waals surface area (Å²) in [5.74, 6) is 3.33. The molecule has 1 atom stereocenters. The first-order valence-electron chi connectivity index (χ1n) is 4.81. The van der Waals surface area contributed by atoms with Crippen LogP contribution in [0, 0.1) is 17.8 Å². The fraction of sp³-hybridized carbons (Fsp3) is 0.909. The summed E-state index contributed by atoms with van der Waals surface area (Å²) in [5, 5.41) is 0. The maximum absolute atomic E-state index is 2.36. The molecule has 0 aliphatic carbocycles. The Morgan fingerprint density at radius 2 is 1.55 bits per heavy atom. The van der Waals surface area contributed by atoms with Crippen LogP contribution in [0.4, 0.5) is 0 Å². The molecule has 0 aliphatic heterocycles. The van der Waals surface area contributed by atoms with Gasteiger partial charge in [-0.3, -0.25) is 0 Å². The molecule has 0 rings (SSSR count). The summed E-state index contributed by atoms with van der Waals surface area (Å²) < 4.78 is 0. The van der Waals surface area contributed by atoms with Crippen molar-refractivity contribution in [3.05, 3.63) is 5.92 Å². The molecular formula is C11H23. The van der Waals surface area contributed by atoms with Gasteiger partial charge in [0.1, 0.15) is 0 Å². The van der Waals surface area contributed by atoms with Crippen LogP contribution in [-0.2, 0) is 0 Å². The van der Waals surface area contributed by atoms with E-state index in [2.05, 4.69) is 34.6 Å².